The average Bonchev–Trinajstić information content (AvgIpc) is 3.41. The van der Waals surface area contributed by atoms with E-state index in [0.717, 1.165) is 33.5 Å². The lowest BCUT2D eigenvalue weighted by Crippen LogP contribution is -2.19. The number of nitrogens with one attached hydrogen (secondary N) is 1. The second-order valence-corrected chi connectivity index (χ2v) is 6.95. The first kappa shape index (κ1) is 18.6. The number of hydrogen-bond acceptors (Lipinski definition) is 6. The molecule has 0 radical (unpaired) electrons. The molecule has 0 aromatic carbocycles. The van der Waals surface area contributed by atoms with Crippen molar-refractivity contribution in [3.63, 3.8) is 0 Å². The summed E-state index contributed by atoms with van der Waals surface area (Å²) in [5, 5.41) is 8.03. The molecule has 0 fully saturated rings. The molecule has 1 N–H and O–H groups in total. The summed E-state index contributed by atoms with van der Waals surface area (Å²) in [6.07, 6.45) is 11.9. The lowest BCUT2D eigenvalue weighted by atomic mass is 10.1. The molecular formula is C22H18N8O. The highest BCUT2D eigenvalue weighted by Gasteiger charge is 2.13. The molecule has 31 heavy (non-hydrogen) atoms. The van der Waals surface area contributed by atoms with Gasteiger partial charge in [-0.15, -0.1) is 0 Å². The van der Waals surface area contributed by atoms with Crippen LogP contribution in [0.15, 0.2) is 73.7 Å². The Kier molecular flexibility index (Phi) is 4.68. The summed E-state index contributed by atoms with van der Waals surface area (Å²) in [4.78, 5) is 29.7. The van der Waals surface area contributed by atoms with E-state index in [-0.39, 0.29) is 12.5 Å². The predicted octanol–water partition coefficient (Wildman–Crippen LogP) is 2.93. The number of pyridine rings is 2. The van der Waals surface area contributed by atoms with Gasteiger partial charge in [0.1, 0.15) is 18.0 Å². The number of rotatable bonds is 5. The maximum atomic E-state index is 12.6. The van der Waals surface area contributed by atoms with Gasteiger partial charge in [-0.05, 0) is 30.3 Å². The van der Waals surface area contributed by atoms with E-state index >= 15 is 0 Å². The first-order valence-electron chi connectivity index (χ1n) is 9.63. The van der Waals surface area contributed by atoms with Crippen LogP contribution in [0.4, 0.5) is 5.82 Å². The molecule has 5 rings (SSSR count). The molecule has 0 unspecified atom stereocenters. The van der Waals surface area contributed by atoms with Gasteiger partial charge in [-0.3, -0.25) is 19.4 Å². The molecule has 152 valence electrons. The minimum atomic E-state index is -0.190. The number of fused-ring (bicyclic) bond motifs is 1. The molecular weight excluding hydrogens is 392 g/mol. The van der Waals surface area contributed by atoms with Crippen LogP contribution in [0.1, 0.15) is 0 Å². The van der Waals surface area contributed by atoms with E-state index in [2.05, 4.69) is 30.4 Å². The Morgan fingerprint density at radius 2 is 1.90 bits per heavy atom. The minimum Gasteiger partial charge on any atom is -0.323 e. The van der Waals surface area contributed by atoms with E-state index in [4.69, 9.17) is 0 Å². The first-order valence-corrected chi connectivity index (χ1v) is 9.63. The van der Waals surface area contributed by atoms with Gasteiger partial charge < -0.3 is 9.88 Å². The van der Waals surface area contributed by atoms with Crippen molar-refractivity contribution >= 4 is 22.8 Å². The van der Waals surface area contributed by atoms with Crippen LogP contribution in [0.25, 0.3) is 33.5 Å². The molecule has 0 saturated carbocycles. The summed E-state index contributed by atoms with van der Waals surface area (Å²) in [7, 11) is 1.90. The highest BCUT2D eigenvalue weighted by molar-refractivity contribution is 5.94. The molecule has 0 atom stereocenters. The Morgan fingerprint density at radius 1 is 0.968 bits per heavy atom. The monoisotopic (exact) mass is 410 g/mol. The fourth-order valence-electron chi connectivity index (χ4n) is 3.48. The summed E-state index contributed by atoms with van der Waals surface area (Å²) in [6.45, 7) is 0.124. The maximum absolute atomic E-state index is 12.6. The minimum absolute atomic E-state index is 0.124. The van der Waals surface area contributed by atoms with Crippen LogP contribution in [-0.4, -0.2) is 40.2 Å². The number of nitrogens with zero attached hydrogens (tertiary/aromatic N) is 7. The zero-order valence-electron chi connectivity index (χ0n) is 16.7. The molecule has 0 aliphatic rings. The van der Waals surface area contributed by atoms with Gasteiger partial charge in [0, 0.05) is 60.7 Å². The molecule has 0 saturated heterocycles. The third-order valence-corrected chi connectivity index (χ3v) is 4.96. The van der Waals surface area contributed by atoms with Gasteiger partial charge in [0.15, 0.2) is 0 Å². The predicted molar refractivity (Wildman–Crippen MR) is 116 cm³/mol. The van der Waals surface area contributed by atoms with E-state index in [1.807, 2.05) is 46.8 Å². The average molecular weight is 410 g/mol. The fourth-order valence-corrected chi connectivity index (χ4v) is 3.48. The van der Waals surface area contributed by atoms with Gasteiger partial charge >= 0.3 is 0 Å². The molecule has 9 heteroatoms. The number of aryl methyl sites for hydroxylation is 1. The number of aromatic nitrogens is 7. The van der Waals surface area contributed by atoms with Crippen molar-refractivity contribution in [3.05, 3.63) is 73.7 Å². The topological polar surface area (TPSA) is 103 Å². The summed E-state index contributed by atoms with van der Waals surface area (Å²) >= 11 is 0. The quantitative estimate of drug-likeness (QED) is 0.478. The Labute approximate surface area is 177 Å². The van der Waals surface area contributed by atoms with Crippen molar-refractivity contribution in [2.24, 2.45) is 7.05 Å². The van der Waals surface area contributed by atoms with Crippen LogP contribution in [-0.2, 0) is 18.4 Å². The third-order valence-electron chi connectivity index (χ3n) is 4.96. The van der Waals surface area contributed by atoms with Crippen LogP contribution in [0, 0.1) is 0 Å². The van der Waals surface area contributed by atoms with E-state index in [1.54, 1.807) is 43.2 Å². The number of amides is 1. The maximum Gasteiger partial charge on any atom is 0.245 e. The number of carbonyl (C=O) groups excluding carboxylic acids is 1. The molecule has 1 amide bonds. The SMILES string of the molecule is Cn1nccc1-c1ccnc2c1ccn2CC(=O)Nc1ccc(-c2cnccn2)cn1. The van der Waals surface area contributed by atoms with Crippen LogP contribution in [0.5, 0.6) is 0 Å². The lowest BCUT2D eigenvalue weighted by molar-refractivity contribution is -0.116. The molecule has 0 bridgehead atoms. The highest BCUT2D eigenvalue weighted by Crippen LogP contribution is 2.27. The molecule has 5 aromatic rings. The van der Waals surface area contributed by atoms with Crippen LogP contribution in [0.3, 0.4) is 0 Å². The lowest BCUT2D eigenvalue weighted by Gasteiger charge is -2.08. The number of carbonyl (C=O) groups is 1. The van der Waals surface area contributed by atoms with Gasteiger partial charge in [-0.2, -0.15) is 5.10 Å². The van der Waals surface area contributed by atoms with Crippen LogP contribution < -0.4 is 5.32 Å². The molecule has 0 spiro atoms. The van der Waals surface area contributed by atoms with E-state index in [9.17, 15) is 4.79 Å². The molecule has 9 nitrogen and oxygen atoms in total. The van der Waals surface area contributed by atoms with Crippen molar-refractivity contribution in [2.45, 2.75) is 6.54 Å². The number of hydrogen-bond donors (Lipinski definition) is 1. The van der Waals surface area contributed by atoms with Gasteiger partial charge in [0.25, 0.3) is 0 Å². The largest absolute Gasteiger partial charge is 0.323 e. The molecule has 5 aromatic heterocycles. The van der Waals surface area contributed by atoms with E-state index < -0.39 is 0 Å². The second kappa shape index (κ2) is 7.79. The summed E-state index contributed by atoms with van der Waals surface area (Å²) < 4.78 is 3.63. The zero-order chi connectivity index (χ0) is 21.2. The summed E-state index contributed by atoms with van der Waals surface area (Å²) in [6, 6.07) is 9.46. The smallest absolute Gasteiger partial charge is 0.245 e. The van der Waals surface area contributed by atoms with Gasteiger partial charge in [-0.25, -0.2) is 9.97 Å². The van der Waals surface area contributed by atoms with E-state index in [0.29, 0.717) is 5.82 Å². The van der Waals surface area contributed by atoms with Crippen LogP contribution in [0.2, 0.25) is 0 Å². The summed E-state index contributed by atoms with van der Waals surface area (Å²) in [5.41, 5.74) is 4.30. The summed E-state index contributed by atoms with van der Waals surface area (Å²) in [5.74, 6) is 0.280. The van der Waals surface area contributed by atoms with Crippen molar-refractivity contribution in [3.8, 4) is 22.5 Å². The van der Waals surface area contributed by atoms with Gasteiger partial charge in [0.05, 0.1) is 17.6 Å². The third kappa shape index (κ3) is 3.64. The normalized spacial score (nSPS) is 11.0. The van der Waals surface area contributed by atoms with Crippen molar-refractivity contribution in [1.82, 2.24) is 34.3 Å². The first-order chi connectivity index (χ1) is 15.2. The number of anilines is 1. The standard InChI is InChI=1S/C22H18N8O/c1-29-19(5-8-27-29)16-4-7-25-22-17(16)6-11-30(22)14-21(31)28-20-3-2-15(12-26-20)18-13-23-9-10-24-18/h2-13H,14H2,1H3,(H,26,28,31). The Morgan fingerprint density at radius 3 is 2.65 bits per heavy atom. The molecule has 0 aliphatic carbocycles. The van der Waals surface area contributed by atoms with Crippen LogP contribution >= 0.6 is 0 Å². The van der Waals surface area contributed by atoms with Gasteiger partial charge in [0.2, 0.25) is 5.91 Å². The molecule has 5 heterocycles. The van der Waals surface area contributed by atoms with Gasteiger partial charge in [-0.1, -0.05) is 0 Å². The van der Waals surface area contributed by atoms with Crippen molar-refractivity contribution in [1.29, 1.82) is 0 Å². The Bertz CT molecular complexity index is 1360. The zero-order valence-corrected chi connectivity index (χ0v) is 16.7. The Hall–Kier alpha value is -4.40. The second-order valence-electron chi connectivity index (χ2n) is 6.95. The molecule has 0 aliphatic heterocycles. The fraction of sp³-hybridized carbons (Fsp3) is 0.0909. The Balaban J connectivity index is 1.33. The van der Waals surface area contributed by atoms with Crippen molar-refractivity contribution in [2.75, 3.05) is 5.32 Å². The highest BCUT2D eigenvalue weighted by atomic mass is 16.2. The van der Waals surface area contributed by atoms with Crippen molar-refractivity contribution < 1.29 is 4.79 Å². The van der Waals surface area contributed by atoms with E-state index in [1.165, 1.54) is 0 Å².